The van der Waals surface area contributed by atoms with Gasteiger partial charge < -0.3 is 0 Å². The van der Waals surface area contributed by atoms with E-state index in [2.05, 4.69) is 0 Å². The minimum absolute atomic E-state index is 0.158. The van der Waals surface area contributed by atoms with Crippen molar-refractivity contribution in [3.05, 3.63) is 0 Å². The van der Waals surface area contributed by atoms with Crippen LogP contribution in [0.5, 0.6) is 0 Å². The smallest absolute Gasteiger partial charge is 0.199 e. The molecule has 0 amide bonds. The zero-order chi connectivity index (χ0) is 14.1. The molecule has 0 saturated carbocycles. The van der Waals surface area contributed by atoms with Crippen LogP contribution in [0.4, 0.5) is 30.7 Å². The van der Waals surface area contributed by atoms with E-state index in [4.69, 9.17) is 0 Å². The summed E-state index contributed by atoms with van der Waals surface area (Å²) in [4.78, 5) is 0. The molecule has 0 heterocycles. The first-order valence-electron chi connectivity index (χ1n) is 4.86. The first-order valence-corrected chi connectivity index (χ1v) is 6.10. The van der Waals surface area contributed by atoms with Crippen molar-refractivity contribution in [3.63, 3.8) is 0 Å². The molecule has 0 spiro atoms. The zero-order valence-corrected chi connectivity index (χ0v) is 11.3. The molecule has 0 N–H and O–H groups in total. The van der Waals surface area contributed by atoms with Crippen LogP contribution >= 0.6 is 22.6 Å². The second-order valence-corrected chi connectivity index (χ2v) is 5.39. The minimum Gasteiger partial charge on any atom is -0.199 e. The molecule has 0 nitrogen and oxygen atoms in total. The first kappa shape index (κ1) is 17.2. The van der Waals surface area contributed by atoms with Gasteiger partial charge in [0.15, 0.2) is 0 Å². The largest absolute Gasteiger partial charge is 0.459 e. The number of hydrogen-bond donors (Lipinski definition) is 0. The molecular formula is C9H12F7I. The van der Waals surface area contributed by atoms with E-state index in [9.17, 15) is 30.7 Å². The van der Waals surface area contributed by atoms with Crippen molar-refractivity contribution in [2.24, 2.45) is 5.92 Å². The van der Waals surface area contributed by atoms with Crippen LogP contribution in [0, 0.1) is 5.92 Å². The lowest BCUT2D eigenvalue weighted by molar-refractivity contribution is -0.364. The van der Waals surface area contributed by atoms with Crippen molar-refractivity contribution < 1.29 is 30.7 Å². The topological polar surface area (TPSA) is 0 Å². The SMILES string of the molecule is CCCC(I)C(C)C(F)(F)C(F)(F)C(F)(F)F. The van der Waals surface area contributed by atoms with Crippen LogP contribution in [0.1, 0.15) is 26.7 Å². The van der Waals surface area contributed by atoms with E-state index in [0.29, 0.717) is 13.3 Å². The Morgan fingerprint density at radius 3 is 1.71 bits per heavy atom. The second-order valence-electron chi connectivity index (χ2n) is 3.79. The molecule has 0 aromatic heterocycles. The van der Waals surface area contributed by atoms with E-state index in [-0.39, 0.29) is 6.42 Å². The molecule has 8 heteroatoms. The van der Waals surface area contributed by atoms with E-state index in [1.54, 1.807) is 6.92 Å². The van der Waals surface area contributed by atoms with Crippen molar-refractivity contribution in [2.75, 3.05) is 0 Å². The van der Waals surface area contributed by atoms with Gasteiger partial charge in [0.05, 0.1) is 0 Å². The van der Waals surface area contributed by atoms with Crippen molar-refractivity contribution in [3.8, 4) is 0 Å². The number of alkyl halides is 8. The fraction of sp³-hybridized carbons (Fsp3) is 1.00. The second kappa shape index (κ2) is 5.48. The molecule has 0 bridgehead atoms. The van der Waals surface area contributed by atoms with Gasteiger partial charge in [-0.15, -0.1) is 0 Å². The molecule has 0 fully saturated rings. The normalized spacial score (nSPS) is 18.0. The summed E-state index contributed by atoms with van der Waals surface area (Å²) in [5.74, 6) is -13.2. The monoisotopic (exact) mass is 380 g/mol. The van der Waals surface area contributed by atoms with Gasteiger partial charge in [0.1, 0.15) is 0 Å². The molecule has 104 valence electrons. The summed E-state index contributed by atoms with van der Waals surface area (Å²) in [6.07, 6.45) is -5.65. The van der Waals surface area contributed by atoms with Crippen LogP contribution in [-0.2, 0) is 0 Å². The summed E-state index contributed by atoms with van der Waals surface area (Å²) in [7, 11) is 0. The molecule has 2 atom stereocenters. The van der Waals surface area contributed by atoms with Crippen molar-refractivity contribution >= 4 is 22.6 Å². The highest BCUT2D eigenvalue weighted by Gasteiger charge is 2.74. The zero-order valence-electron chi connectivity index (χ0n) is 9.09. The first-order chi connectivity index (χ1) is 7.39. The molecule has 0 aromatic carbocycles. The van der Waals surface area contributed by atoms with E-state index in [1.807, 2.05) is 0 Å². The third-order valence-electron chi connectivity index (χ3n) is 2.45. The van der Waals surface area contributed by atoms with Gasteiger partial charge in [-0.1, -0.05) is 42.9 Å². The average Bonchev–Trinajstić information content (AvgIpc) is 2.14. The summed E-state index contributed by atoms with van der Waals surface area (Å²) in [6.45, 7) is 2.35. The highest BCUT2D eigenvalue weighted by molar-refractivity contribution is 14.1. The number of halogens is 8. The lowest BCUT2D eigenvalue weighted by Crippen LogP contribution is -2.56. The van der Waals surface area contributed by atoms with Crippen LogP contribution in [0.2, 0.25) is 0 Å². The van der Waals surface area contributed by atoms with Crippen molar-refractivity contribution in [1.82, 2.24) is 0 Å². The molecule has 0 rings (SSSR count). The van der Waals surface area contributed by atoms with Crippen LogP contribution in [0.15, 0.2) is 0 Å². The maximum absolute atomic E-state index is 13.2. The Labute approximate surface area is 108 Å². The number of hydrogen-bond acceptors (Lipinski definition) is 0. The fourth-order valence-electron chi connectivity index (χ4n) is 1.23. The van der Waals surface area contributed by atoms with Crippen LogP contribution in [-0.4, -0.2) is 21.9 Å². The number of rotatable bonds is 5. The Morgan fingerprint density at radius 2 is 1.41 bits per heavy atom. The van der Waals surface area contributed by atoms with Gasteiger partial charge >= 0.3 is 18.0 Å². The fourth-order valence-corrected chi connectivity index (χ4v) is 2.30. The predicted octanol–water partition coefficient (Wildman–Crippen LogP) is 5.06. The van der Waals surface area contributed by atoms with Gasteiger partial charge in [-0.05, 0) is 6.42 Å². The third-order valence-corrected chi connectivity index (χ3v) is 4.16. The van der Waals surface area contributed by atoms with E-state index in [0.717, 1.165) is 0 Å². The molecule has 0 aromatic rings. The highest BCUT2D eigenvalue weighted by Crippen LogP contribution is 2.51. The summed E-state index contributed by atoms with van der Waals surface area (Å²) < 4.78 is 86.5. The van der Waals surface area contributed by atoms with Gasteiger partial charge in [0, 0.05) is 9.84 Å². The molecule has 0 radical (unpaired) electrons. The van der Waals surface area contributed by atoms with Crippen LogP contribution < -0.4 is 0 Å². The van der Waals surface area contributed by atoms with Gasteiger partial charge in [-0.25, -0.2) is 0 Å². The molecule has 0 aliphatic heterocycles. The van der Waals surface area contributed by atoms with Gasteiger partial charge in [-0.3, -0.25) is 0 Å². The predicted molar refractivity (Wildman–Crippen MR) is 57.8 cm³/mol. The summed E-state index contributed by atoms with van der Waals surface area (Å²) in [5.41, 5.74) is 0. The Balaban J connectivity index is 5.12. The molecular weight excluding hydrogens is 368 g/mol. The Kier molecular flexibility index (Phi) is 5.56. The maximum Gasteiger partial charge on any atom is 0.459 e. The van der Waals surface area contributed by atoms with Crippen LogP contribution in [0.25, 0.3) is 0 Å². The molecule has 17 heavy (non-hydrogen) atoms. The molecule has 0 saturated heterocycles. The van der Waals surface area contributed by atoms with Gasteiger partial charge in [0.2, 0.25) is 0 Å². The average molecular weight is 380 g/mol. The summed E-state index contributed by atoms with van der Waals surface area (Å²) >= 11 is 1.48. The summed E-state index contributed by atoms with van der Waals surface area (Å²) in [5, 5.41) is 0. The maximum atomic E-state index is 13.2. The molecule has 2 unspecified atom stereocenters. The lowest BCUT2D eigenvalue weighted by Gasteiger charge is -2.34. The molecule has 0 aliphatic rings. The van der Waals surface area contributed by atoms with E-state index < -0.39 is 27.9 Å². The van der Waals surface area contributed by atoms with Crippen LogP contribution in [0.3, 0.4) is 0 Å². The molecule has 0 aliphatic carbocycles. The Bertz CT molecular complexity index is 248. The van der Waals surface area contributed by atoms with Crippen molar-refractivity contribution in [2.45, 2.75) is 48.6 Å². The summed E-state index contributed by atoms with van der Waals surface area (Å²) in [6, 6.07) is 0. The van der Waals surface area contributed by atoms with E-state index in [1.165, 1.54) is 22.6 Å². The Hall–Kier alpha value is 0.240. The Morgan fingerprint density at radius 1 is 1.00 bits per heavy atom. The van der Waals surface area contributed by atoms with Gasteiger partial charge in [-0.2, -0.15) is 30.7 Å². The standard InChI is InChI=1S/C9H12F7I/c1-3-4-6(17)5(2)7(10,11)8(12,13)9(14,15)16/h5-6H,3-4H2,1-2H3. The third kappa shape index (κ3) is 3.37. The lowest BCUT2D eigenvalue weighted by atomic mass is 9.92. The van der Waals surface area contributed by atoms with Gasteiger partial charge in [0.25, 0.3) is 0 Å². The van der Waals surface area contributed by atoms with Crippen molar-refractivity contribution in [1.29, 1.82) is 0 Å². The minimum atomic E-state index is -6.24. The van der Waals surface area contributed by atoms with E-state index >= 15 is 0 Å². The highest BCUT2D eigenvalue weighted by atomic mass is 127. The quantitative estimate of drug-likeness (QED) is 0.356.